The zero-order chi connectivity index (χ0) is 16.3. The van der Waals surface area contributed by atoms with Crippen molar-refractivity contribution in [2.45, 2.75) is 37.0 Å². The van der Waals surface area contributed by atoms with E-state index in [0.717, 1.165) is 37.4 Å². The Labute approximate surface area is 147 Å². The fraction of sp³-hybridized carbons (Fsp3) is 0.381. The molecule has 3 heteroatoms. The molecule has 1 saturated heterocycles. The Bertz CT molecular complexity index is 845. The zero-order valence-electron chi connectivity index (χ0n) is 13.6. The summed E-state index contributed by atoms with van der Waals surface area (Å²) in [6.45, 7) is 1.69. The maximum atomic E-state index is 12.4. The molecule has 2 bridgehead atoms. The third-order valence-electron chi connectivity index (χ3n) is 6.19. The topological polar surface area (TPSA) is 20.3 Å². The number of halogens is 1. The van der Waals surface area contributed by atoms with Gasteiger partial charge in [0, 0.05) is 35.9 Å². The van der Waals surface area contributed by atoms with Gasteiger partial charge in [0.15, 0.2) is 0 Å². The van der Waals surface area contributed by atoms with E-state index in [4.69, 9.17) is 11.6 Å². The maximum Gasteiger partial charge on any atom is 0.222 e. The highest BCUT2D eigenvalue weighted by Gasteiger charge is 2.53. The van der Waals surface area contributed by atoms with Crippen LogP contribution in [0.25, 0.3) is 0 Å². The Morgan fingerprint density at radius 1 is 1.08 bits per heavy atom. The second-order valence-electron chi connectivity index (χ2n) is 7.43. The molecule has 3 aliphatic rings. The van der Waals surface area contributed by atoms with Crippen molar-refractivity contribution in [2.24, 2.45) is 0 Å². The van der Waals surface area contributed by atoms with Gasteiger partial charge in [-0.3, -0.25) is 4.79 Å². The largest absolute Gasteiger partial charge is 0.341 e. The van der Waals surface area contributed by atoms with E-state index in [1.807, 2.05) is 6.07 Å². The third-order valence-corrected chi connectivity index (χ3v) is 6.43. The predicted molar refractivity (Wildman–Crippen MR) is 95.6 cm³/mol. The molecule has 2 aliphatic carbocycles. The van der Waals surface area contributed by atoms with Crippen LogP contribution in [-0.2, 0) is 10.2 Å². The average Bonchev–Trinajstić information content (AvgIpc) is 3.09. The lowest BCUT2D eigenvalue weighted by molar-refractivity contribution is -0.133. The lowest BCUT2D eigenvalue weighted by Gasteiger charge is -2.38. The minimum atomic E-state index is -0.0749. The van der Waals surface area contributed by atoms with E-state index in [9.17, 15) is 4.79 Å². The second-order valence-corrected chi connectivity index (χ2v) is 7.87. The molecular weight excluding hydrogens is 318 g/mol. The van der Waals surface area contributed by atoms with E-state index in [2.05, 4.69) is 41.3 Å². The Morgan fingerprint density at radius 2 is 1.92 bits per heavy atom. The molecule has 1 amide bonds. The van der Waals surface area contributed by atoms with Gasteiger partial charge >= 0.3 is 0 Å². The van der Waals surface area contributed by atoms with Crippen molar-refractivity contribution in [3.8, 4) is 0 Å². The summed E-state index contributed by atoms with van der Waals surface area (Å²) < 4.78 is 0. The van der Waals surface area contributed by atoms with Crippen LogP contribution in [0, 0.1) is 0 Å². The molecule has 2 unspecified atom stereocenters. The number of nitrogens with zero attached hydrogens (tertiary/aromatic N) is 1. The number of likely N-dealkylation sites (tertiary alicyclic amines) is 1. The highest BCUT2D eigenvalue weighted by Crippen LogP contribution is 2.60. The van der Waals surface area contributed by atoms with Crippen LogP contribution in [-0.4, -0.2) is 23.9 Å². The normalized spacial score (nSPS) is 27.3. The van der Waals surface area contributed by atoms with Crippen molar-refractivity contribution in [1.82, 2.24) is 4.90 Å². The van der Waals surface area contributed by atoms with Gasteiger partial charge in [0.25, 0.3) is 0 Å². The van der Waals surface area contributed by atoms with E-state index >= 15 is 0 Å². The van der Waals surface area contributed by atoms with Crippen LogP contribution in [0.5, 0.6) is 0 Å². The molecule has 2 atom stereocenters. The fourth-order valence-electron chi connectivity index (χ4n) is 5.17. The first-order valence-electron chi connectivity index (χ1n) is 8.86. The first-order chi connectivity index (χ1) is 11.7. The summed E-state index contributed by atoms with van der Waals surface area (Å²) in [5.74, 6) is 0.764. The predicted octanol–water partition coefficient (Wildman–Crippen LogP) is 4.49. The monoisotopic (exact) mass is 337 g/mol. The van der Waals surface area contributed by atoms with Gasteiger partial charge in [0.05, 0.1) is 0 Å². The van der Waals surface area contributed by atoms with Crippen molar-refractivity contribution >= 4 is 17.5 Å². The fourth-order valence-corrected chi connectivity index (χ4v) is 5.35. The molecule has 2 aromatic carbocycles. The molecule has 0 aromatic heterocycles. The summed E-state index contributed by atoms with van der Waals surface area (Å²) in [5, 5.41) is 0.795. The van der Waals surface area contributed by atoms with Crippen LogP contribution in [0.4, 0.5) is 0 Å². The molecule has 24 heavy (non-hydrogen) atoms. The first kappa shape index (κ1) is 14.5. The van der Waals surface area contributed by atoms with E-state index in [0.29, 0.717) is 18.2 Å². The van der Waals surface area contributed by atoms with Gasteiger partial charge in [-0.25, -0.2) is 0 Å². The van der Waals surface area contributed by atoms with Crippen molar-refractivity contribution < 1.29 is 4.79 Å². The van der Waals surface area contributed by atoms with Crippen LogP contribution in [0.1, 0.15) is 53.9 Å². The van der Waals surface area contributed by atoms with E-state index < -0.39 is 0 Å². The van der Waals surface area contributed by atoms with Crippen LogP contribution in [0.2, 0.25) is 5.02 Å². The zero-order valence-corrected chi connectivity index (χ0v) is 14.4. The van der Waals surface area contributed by atoms with Crippen molar-refractivity contribution in [3.63, 3.8) is 0 Å². The number of rotatable bonds is 2. The second kappa shape index (κ2) is 5.10. The molecule has 0 spiro atoms. The van der Waals surface area contributed by atoms with Gasteiger partial charge < -0.3 is 4.90 Å². The average molecular weight is 338 g/mol. The Morgan fingerprint density at radius 3 is 2.79 bits per heavy atom. The number of amides is 1. The molecule has 0 saturated carbocycles. The third kappa shape index (κ3) is 1.86. The lowest BCUT2D eigenvalue weighted by atomic mass is 9.74. The van der Waals surface area contributed by atoms with Gasteiger partial charge in [-0.15, -0.1) is 0 Å². The van der Waals surface area contributed by atoms with Gasteiger partial charge in [-0.05, 0) is 53.6 Å². The number of carbonyl (C=O) groups is 1. The number of hydrogen-bond acceptors (Lipinski definition) is 1. The van der Waals surface area contributed by atoms with E-state index in [1.165, 1.54) is 22.3 Å². The Balaban J connectivity index is 1.66. The smallest absolute Gasteiger partial charge is 0.222 e. The molecule has 5 rings (SSSR count). The maximum absolute atomic E-state index is 12.4. The van der Waals surface area contributed by atoms with Gasteiger partial charge in [0.1, 0.15) is 0 Å². The number of fused-ring (bicyclic) bond motifs is 8. The SMILES string of the molecule is O=C1CCCCN1CC12CC(c3ccccc31)c1ccc(Cl)cc12. The highest BCUT2D eigenvalue weighted by molar-refractivity contribution is 6.30. The molecule has 2 aromatic rings. The molecule has 122 valence electrons. The first-order valence-corrected chi connectivity index (χ1v) is 9.24. The summed E-state index contributed by atoms with van der Waals surface area (Å²) >= 11 is 6.34. The lowest BCUT2D eigenvalue weighted by Crippen LogP contribution is -2.45. The minimum Gasteiger partial charge on any atom is -0.341 e. The van der Waals surface area contributed by atoms with Gasteiger partial charge in [-0.2, -0.15) is 0 Å². The van der Waals surface area contributed by atoms with E-state index in [1.54, 1.807) is 0 Å². The quantitative estimate of drug-likeness (QED) is 0.790. The highest BCUT2D eigenvalue weighted by atomic mass is 35.5. The van der Waals surface area contributed by atoms with Gasteiger partial charge in [-0.1, -0.05) is 41.9 Å². The summed E-state index contributed by atoms with van der Waals surface area (Å²) in [4.78, 5) is 14.5. The molecule has 1 heterocycles. The number of benzene rings is 2. The molecule has 1 fully saturated rings. The van der Waals surface area contributed by atoms with Crippen molar-refractivity contribution in [2.75, 3.05) is 13.1 Å². The van der Waals surface area contributed by atoms with Crippen molar-refractivity contribution in [1.29, 1.82) is 0 Å². The summed E-state index contributed by atoms with van der Waals surface area (Å²) in [7, 11) is 0. The Hall–Kier alpha value is -1.80. The molecule has 1 aliphatic heterocycles. The minimum absolute atomic E-state index is 0.0749. The summed E-state index contributed by atoms with van der Waals surface area (Å²) in [6, 6.07) is 15.1. The standard InChI is InChI=1S/C21H20ClNO/c22-14-8-9-16-17-12-21(19(16)11-14,18-6-2-1-5-15(17)18)13-23-10-4-3-7-20(23)24/h1-2,5-6,8-9,11,17H,3-4,7,10,12-13H2. The Kier molecular flexibility index (Phi) is 3.09. The molecular formula is C21H20ClNO. The number of hydrogen-bond donors (Lipinski definition) is 0. The number of carbonyl (C=O) groups excluding carboxylic acids is 1. The van der Waals surface area contributed by atoms with E-state index in [-0.39, 0.29) is 5.41 Å². The van der Waals surface area contributed by atoms with Crippen LogP contribution < -0.4 is 0 Å². The molecule has 0 radical (unpaired) electrons. The number of piperidine rings is 1. The van der Waals surface area contributed by atoms with Crippen LogP contribution in [0.3, 0.4) is 0 Å². The summed E-state index contributed by atoms with van der Waals surface area (Å²) in [5.41, 5.74) is 5.52. The van der Waals surface area contributed by atoms with Gasteiger partial charge in [0.2, 0.25) is 5.91 Å². The summed E-state index contributed by atoms with van der Waals surface area (Å²) in [6.07, 6.45) is 3.93. The molecule has 2 nitrogen and oxygen atoms in total. The molecule has 0 N–H and O–H groups in total. The van der Waals surface area contributed by atoms with Crippen LogP contribution in [0.15, 0.2) is 42.5 Å². The van der Waals surface area contributed by atoms with Crippen molar-refractivity contribution in [3.05, 3.63) is 69.7 Å². The van der Waals surface area contributed by atoms with Crippen LogP contribution >= 0.6 is 11.6 Å².